The van der Waals surface area contributed by atoms with Gasteiger partial charge in [0, 0.05) is 30.1 Å². The summed E-state index contributed by atoms with van der Waals surface area (Å²) in [5.74, 6) is 0.547. The Morgan fingerprint density at radius 1 is 0.971 bits per heavy atom. The van der Waals surface area contributed by atoms with E-state index in [1.165, 1.54) is 12.0 Å². The van der Waals surface area contributed by atoms with Crippen LogP contribution in [0.5, 0.6) is 11.5 Å². The SMILES string of the molecule is C=c1c(O)c(O)cc2c1=CC=C1C2(C)CCC2(C)C3CC(C)(C(=O)N(C)C)CCC3(C)CCC12C. The molecule has 0 saturated heterocycles. The van der Waals surface area contributed by atoms with Gasteiger partial charge in [-0.2, -0.15) is 0 Å². The molecule has 190 valence electrons. The number of amides is 1. The second-order valence-corrected chi connectivity index (χ2v) is 13.7. The van der Waals surface area contributed by atoms with Crippen molar-refractivity contribution in [3.63, 3.8) is 0 Å². The Labute approximate surface area is 210 Å². The van der Waals surface area contributed by atoms with Crippen LogP contribution in [0, 0.1) is 27.6 Å². The molecule has 2 N–H and O–H groups in total. The summed E-state index contributed by atoms with van der Waals surface area (Å²) in [6.07, 6.45) is 11.8. The Hall–Kier alpha value is -2.23. The number of phenols is 2. The molecular formula is C31H43NO3. The number of allylic oxidation sites excluding steroid dienone is 2. The van der Waals surface area contributed by atoms with Gasteiger partial charge < -0.3 is 15.1 Å². The Morgan fingerprint density at radius 2 is 1.63 bits per heavy atom. The van der Waals surface area contributed by atoms with E-state index in [1.54, 1.807) is 11.0 Å². The van der Waals surface area contributed by atoms with E-state index in [9.17, 15) is 15.0 Å². The molecule has 0 aromatic heterocycles. The van der Waals surface area contributed by atoms with Gasteiger partial charge in [-0.1, -0.05) is 58.9 Å². The zero-order valence-corrected chi connectivity index (χ0v) is 22.7. The summed E-state index contributed by atoms with van der Waals surface area (Å²) in [6, 6.07) is 1.77. The van der Waals surface area contributed by atoms with Gasteiger partial charge in [-0.05, 0) is 84.0 Å². The quantitative estimate of drug-likeness (QED) is 0.561. The average Bonchev–Trinajstić information content (AvgIpc) is 2.80. The predicted molar refractivity (Wildman–Crippen MR) is 141 cm³/mol. The molecule has 6 unspecified atom stereocenters. The van der Waals surface area contributed by atoms with Crippen molar-refractivity contribution in [2.45, 2.75) is 85.0 Å². The van der Waals surface area contributed by atoms with Crippen LogP contribution >= 0.6 is 0 Å². The predicted octanol–water partition coefficient (Wildman–Crippen LogP) is 4.99. The molecule has 1 amide bonds. The maximum absolute atomic E-state index is 13.3. The third kappa shape index (κ3) is 2.95. The number of phenolic OH excluding ortho intramolecular Hbond substituents is 2. The Kier molecular flexibility index (Phi) is 5.01. The van der Waals surface area contributed by atoms with Gasteiger partial charge in [0.15, 0.2) is 11.5 Å². The van der Waals surface area contributed by atoms with E-state index in [2.05, 4.69) is 53.3 Å². The van der Waals surface area contributed by atoms with E-state index in [1.807, 2.05) is 14.1 Å². The summed E-state index contributed by atoms with van der Waals surface area (Å²) in [7, 11) is 3.79. The summed E-state index contributed by atoms with van der Waals surface area (Å²) in [5, 5.41) is 22.3. The lowest BCUT2D eigenvalue weighted by Crippen LogP contribution is -2.63. The van der Waals surface area contributed by atoms with Crippen LogP contribution in [0.15, 0.2) is 17.7 Å². The molecule has 3 fully saturated rings. The number of hydrogen-bond acceptors (Lipinski definition) is 3. The average molecular weight is 478 g/mol. The van der Waals surface area contributed by atoms with Crippen LogP contribution in [0.2, 0.25) is 0 Å². The highest BCUT2D eigenvalue weighted by Gasteiger charge is 2.66. The molecule has 4 aliphatic rings. The topological polar surface area (TPSA) is 60.8 Å². The van der Waals surface area contributed by atoms with Gasteiger partial charge in [0.25, 0.3) is 0 Å². The highest BCUT2D eigenvalue weighted by Crippen LogP contribution is 2.74. The van der Waals surface area contributed by atoms with Crippen LogP contribution in [0.3, 0.4) is 0 Å². The number of carbonyl (C=O) groups excluding carboxylic acids is 1. The molecule has 5 rings (SSSR count). The van der Waals surface area contributed by atoms with Gasteiger partial charge >= 0.3 is 0 Å². The molecule has 0 spiro atoms. The first-order valence-corrected chi connectivity index (χ1v) is 13.3. The minimum atomic E-state index is -0.304. The van der Waals surface area contributed by atoms with E-state index in [0.29, 0.717) is 11.1 Å². The number of hydrogen-bond donors (Lipinski definition) is 2. The third-order valence-electron chi connectivity index (χ3n) is 11.7. The molecule has 1 aromatic carbocycles. The maximum atomic E-state index is 13.3. The summed E-state index contributed by atoms with van der Waals surface area (Å²) in [6.45, 7) is 16.1. The van der Waals surface area contributed by atoms with E-state index in [-0.39, 0.29) is 44.5 Å². The molecule has 3 saturated carbocycles. The summed E-state index contributed by atoms with van der Waals surface area (Å²) in [5.41, 5.74) is 2.36. The van der Waals surface area contributed by atoms with Gasteiger partial charge in [0.2, 0.25) is 5.91 Å². The van der Waals surface area contributed by atoms with Crippen LogP contribution < -0.4 is 10.4 Å². The van der Waals surface area contributed by atoms with E-state index >= 15 is 0 Å². The van der Waals surface area contributed by atoms with Crippen LogP contribution in [-0.2, 0) is 10.2 Å². The highest BCUT2D eigenvalue weighted by atomic mass is 16.3. The molecule has 35 heavy (non-hydrogen) atoms. The lowest BCUT2D eigenvalue weighted by Gasteiger charge is -2.69. The van der Waals surface area contributed by atoms with Crippen molar-refractivity contribution in [2.75, 3.05) is 14.1 Å². The van der Waals surface area contributed by atoms with Crippen molar-refractivity contribution < 1.29 is 15.0 Å². The number of benzene rings is 1. The number of carbonyl (C=O) groups is 1. The first-order chi connectivity index (χ1) is 16.1. The van der Waals surface area contributed by atoms with Crippen molar-refractivity contribution in [3.8, 4) is 11.5 Å². The zero-order valence-electron chi connectivity index (χ0n) is 22.7. The molecule has 4 aliphatic carbocycles. The fourth-order valence-corrected chi connectivity index (χ4v) is 9.10. The standard InChI is InChI=1S/C31H43NO3/c1-19-20-9-10-23-29(4,21(20)17-22(33)25(19)34)14-16-31(6)24-18-28(3,26(35)32(7)8)12-11-27(24,2)13-15-30(23,31)5/h9-10,17,24,33-34H,1,11-16,18H2,2-8H3. The molecule has 4 heteroatoms. The van der Waals surface area contributed by atoms with E-state index in [0.717, 1.165) is 49.3 Å². The lowest BCUT2D eigenvalue weighted by atomic mass is 9.34. The smallest absolute Gasteiger partial charge is 0.227 e. The summed E-state index contributed by atoms with van der Waals surface area (Å²) >= 11 is 0. The Morgan fingerprint density at radius 3 is 2.29 bits per heavy atom. The zero-order chi connectivity index (χ0) is 25.8. The third-order valence-corrected chi connectivity index (χ3v) is 11.7. The van der Waals surface area contributed by atoms with Gasteiger partial charge in [-0.25, -0.2) is 0 Å². The highest BCUT2D eigenvalue weighted by molar-refractivity contribution is 5.82. The van der Waals surface area contributed by atoms with Crippen molar-refractivity contribution in [1.82, 2.24) is 4.90 Å². The van der Waals surface area contributed by atoms with Gasteiger partial charge in [0.05, 0.1) is 0 Å². The molecule has 0 bridgehead atoms. The summed E-state index contributed by atoms with van der Waals surface area (Å²) < 4.78 is 0. The largest absolute Gasteiger partial charge is 0.504 e. The fraction of sp³-hybridized carbons (Fsp3) is 0.645. The normalized spacial score (nSPS) is 41.9. The lowest BCUT2D eigenvalue weighted by molar-refractivity contribution is -0.171. The van der Waals surface area contributed by atoms with Gasteiger partial charge in [-0.3, -0.25) is 4.79 Å². The van der Waals surface area contributed by atoms with Crippen LogP contribution in [0.1, 0.15) is 85.1 Å². The molecule has 1 aromatic rings. The minimum absolute atomic E-state index is 0.00732. The van der Waals surface area contributed by atoms with Crippen LogP contribution in [0.4, 0.5) is 0 Å². The second kappa shape index (κ2) is 7.17. The minimum Gasteiger partial charge on any atom is -0.504 e. The number of rotatable bonds is 1. The monoisotopic (exact) mass is 477 g/mol. The maximum Gasteiger partial charge on any atom is 0.227 e. The molecule has 0 aliphatic heterocycles. The van der Waals surface area contributed by atoms with Crippen molar-refractivity contribution in [2.24, 2.45) is 27.6 Å². The first kappa shape index (κ1) is 24.5. The van der Waals surface area contributed by atoms with Crippen molar-refractivity contribution in [3.05, 3.63) is 33.7 Å². The van der Waals surface area contributed by atoms with Crippen molar-refractivity contribution in [1.29, 1.82) is 0 Å². The van der Waals surface area contributed by atoms with Crippen LogP contribution in [0.25, 0.3) is 12.7 Å². The number of aromatic hydroxyl groups is 2. The van der Waals surface area contributed by atoms with E-state index < -0.39 is 0 Å². The molecule has 4 nitrogen and oxygen atoms in total. The Balaban J connectivity index is 1.64. The summed E-state index contributed by atoms with van der Waals surface area (Å²) in [4.78, 5) is 15.1. The number of fused-ring (bicyclic) bond motifs is 7. The van der Waals surface area contributed by atoms with E-state index in [4.69, 9.17) is 0 Å². The van der Waals surface area contributed by atoms with Gasteiger partial charge in [0.1, 0.15) is 0 Å². The fourth-order valence-electron chi connectivity index (χ4n) is 9.10. The first-order valence-electron chi connectivity index (χ1n) is 13.3. The molecule has 0 radical (unpaired) electrons. The second-order valence-electron chi connectivity index (χ2n) is 13.7. The molecular weight excluding hydrogens is 434 g/mol. The molecule has 6 atom stereocenters. The molecule has 0 heterocycles. The number of nitrogens with zero attached hydrogens (tertiary/aromatic N) is 1. The van der Waals surface area contributed by atoms with Crippen molar-refractivity contribution >= 4 is 18.6 Å². The Bertz CT molecular complexity index is 1260. The van der Waals surface area contributed by atoms with Gasteiger partial charge in [-0.15, -0.1) is 0 Å². The van der Waals surface area contributed by atoms with Crippen LogP contribution in [-0.4, -0.2) is 35.1 Å².